The number of hydrogen-bond acceptors (Lipinski definition) is 3. The third kappa shape index (κ3) is 8.39. The molecule has 0 aromatic carbocycles. The Morgan fingerprint density at radius 3 is 3.08 bits per heavy atom. The third-order valence-electron chi connectivity index (χ3n) is 1.13. The van der Waals surface area contributed by atoms with E-state index in [0.29, 0.717) is 26.3 Å². The predicted octanol–water partition coefficient (Wildman–Crippen LogP) is 0.615. The molecule has 13 heavy (non-hydrogen) atoms. The number of nitrogens with one attached hydrogen (secondary N) is 1. The van der Waals surface area contributed by atoms with E-state index in [0.717, 1.165) is 0 Å². The highest BCUT2D eigenvalue weighted by Gasteiger charge is 1.91. The van der Waals surface area contributed by atoms with Crippen molar-refractivity contribution >= 4 is 5.91 Å². The molecule has 0 spiro atoms. The second kappa shape index (κ2) is 8.58. The zero-order chi connectivity index (χ0) is 9.94. The summed E-state index contributed by atoms with van der Waals surface area (Å²) >= 11 is 0. The first-order chi connectivity index (χ1) is 6.31. The van der Waals surface area contributed by atoms with E-state index in [1.165, 1.54) is 6.08 Å². The Morgan fingerprint density at radius 2 is 2.46 bits per heavy atom. The molecule has 0 radical (unpaired) electrons. The summed E-state index contributed by atoms with van der Waals surface area (Å²) < 4.78 is 5.02. The van der Waals surface area contributed by atoms with Gasteiger partial charge in [0.1, 0.15) is 0 Å². The molecule has 6 heteroatoms. The van der Waals surface area contributed by atoms with Gasteiger partial charge in [0, 0.05) is 18.0 Å². The normalized spacial score (nSPS) is 8.62. The molecular weight excluding hydrogens is 172 g/mol. The van der Waals surface area contributed by atoms with E-state index < -0.39 is 0 Å². The number of ether oxygens (including phenoxy) is 1. The Bertz CT molecular complexity index is 211. The molecule has 0 aliphatic heterocycles. The molecule has 72 valence electrons. The first-order valence-corrected chi connectivity index (χ1v) is 3.80. The van der Waals surface area contributed by atoms with Crippen LogP contribution in [-0.4, -0.2) is 32.2 Å². The first kappa shape index (κ1) is 11.5. The Labute approximate surface area is 76.2 Å². The lowest BCUT2D eigenvalue weighted by Crippen LogP contribution is -2.25. The largest absolute Gasteiger partial charge is 0.379 e. The average molecular weight is 184 g/mol. The van der Waals surface area contributed by atoms with Crippen molar-refractivity contribution in [3.63, 3.8) is 0 Å². The lowest BCUT2D eigenvalue weighted by Gasteiger charge is -2.02. The Balaban J connectivity index is 3.12. The molecule has 0 aliphatic carbocycles. The highest BCUT2D eigenvalue weighted by molar-refractivity contribution is 5.86. The van der Waals surface area contributed by atoms with Crippen LogP contribution in [-0.2, 0) is 9.53 Å². The number of carbonyl (C=O) groups excluding carboxylic acids is 1. The molecular formula is C7H12N4O2. The minimum atomic E-state index is -0.223. The van der Waals surface area contributed by atoms with Crippen LogP contribution >= 0.6 is 0 Å². The maximum Gasteiger partial charge on any atom is 0.243 e. The highest BCUT2D eigenvalue weighted by Crippen LogP contribution is 1.76. The smallest absolute Gasteiger partial charge is 0.243 e. The summed E-state index contributed by atoms with van der Waals surface area (Å²) in [5.74, 6) is -0.223. The summed E-state index contributed by atoms with van der Waals surface area (Å²) in [4.78, 5) is 13.2. The molecule has 6 nitrogen and oxygen atoms in total. The van der Waals surface area contributed by atoms with Gasteiger partial charge in [-0.3, -0.25) is 4.79 Å². The third-order valence-corrected chi connectivity index (χ3v) is 1.13. The maximum absolute atomic E-state index is 10.6. The first-order valence-electron chi connectivity index (χ1n) is 3.80. The lowest BCUT2D eigenvalue weighted by molar-refractivity contribution is -0.116. The maximum atomic E-state index is 10.6. The van der Waals surface area contributed by atoms with E-state index in [4.69, 9.17) is 10.3 Å². The standard InChI is InChI=1S/C7H12N4O2/c1-2-7(12)9-3-5-13-6-4-10-11-8/h2H,1,3-6H2,(H,9,12). The van der Waals surface area contributed by atoms with Gasteiger partial charge < -0.3 is 10.1 Å². The molecule has 0 atom stereocenters. The van der Waals surface area contributed by atoms with Crippen LogP contribution in [0.1, 0.15) is 0 Å². The van der Waals surface area contributed by atoms with E-state index in [1.807, 2.05) is 0 Å². The fourth-order valence-electron chi connectivity index (χ4n) is 0.571. The zero-order valence-electron chi connectivity index (χ0n) is 7.27. The minimum absolute atomic E-state index is 0.223. The number of nitrogens with zero attached hydrogens (tertiary/aromatic N) is 3. The Hall–Kier alpha value is -1.52. The van der Waals surface area contributed by atoms with E-state index in [9.17, 15) is 4.79 Å². The number of hydrogen-bond donors (Lipinski definition) is 1. The average Bonchev–Trinajstić information content (AvgIpc) is 2.16. The van der Waals surface area contributed by atoms with Crippen molar-refractivity contribution in [2.75, 3.05) is 26.3 Å². The van der Waals surface area contributed by atoms with Gasteiger partial charge in [-0.25, -0.2) is 0 Å². The summed E-state index contributed by atoms with van der Waals surface area (Å²) in [7, 11) is 0. The number of rotatable bonds is 7. The van der Waals surface area contributed by atoms with Crippen molar-refractivity contribution in [3.8, 4) is 0 Å². The molecule has 0 fully saturated rings. The summed E-state index contributed by atoms with van der Waals surface area (Å²) in [5.41, 5.74) is 7.91. The molecule has 0 aromatic rings. The van der Waals surface area contributed by atoms with Gasteiger partial charge in [-0.15, -0.1) is 0 Å². The molecule has 0 unspecified atom stereocenters. The topological polar surface area (TPSA) is 87.1 Å². The second-order valence-corrected chi connectivity index (χ2v) is 2.06. The molecule has 0 heterocycles. The van der Waals surface area contributed by atoms with Crippen molar-refractivity contribution in [1.82, 2.24) is 5.32 Å². The lowest BCUT2D eigenvalue weighted by atomic mass is 10.5. The van der Waals surface area contributed by atoms with Crippen molar-refractivity contribution in [2.45, 2.75) is 0 Å². The molecule has 1 N–H and O–H groups in total. The molecule has 0 rings (SSSR count). The van der Waals surface area contributed by atoms with Gasteiger partial charge >= 0.3 is 0 Å². The van der Waals surface area contributed by atoms with Gasteiger partial charge in [-0.05, 0) is 11.6 Å². The SMILES string of the molecule is C=CC(=O)NCCOCCN=[N+]=[N-]. The summed E-state index contributed by atoms with van der Waals surface area (Å²) in [5, 5.41) is 5.81. The van der Waals surface area contributed by atoms with Crippen molar-refractivity contribution in [1.29, 1.82) is 0 Å². The summed E-state index contributed by atoms with van der Waals surface area (Å²) in [6.07, 6.45) is 1.19. The van der Waals surface area contributed by atoms with Crippen LogP contribution in [0.3, 0.4) is 0 Å². The molecule has 0 aromatic heterocycles. The number of carbonyl (C=O) groups is 1. The van der Waals surface area contributed by atoms with Crippen molar-refractivity contribution in [2.24, 2.45) is 5.11 Å². The molecule has 0 aliphatic rings. The van der Waals surface area contributed by atoms with Gasteiger partial charge in [0.15, 0.2) is 0 Å². The van der Waals surface area contributed by atoms with Gasteiger partial charge in [0.2, 0.25) is 5.91 Å². The number of amides is 1. The minimum Gasteiger partial charge on any atom is -0.379 e. The monoisotopic (exact) mass is 184 g/mol. The molecule has 0 bridgehead atoms. The van der Waals surface area contributed by atoms with Gasteiger partial charge in [0.05, 0.1) is 13.2 Å². The van der Waals surface area contributed by atoms with Crippen LogP contribution in [0.4, 0.5) is 0 Å². The molecule has 0 saturated heterocycles. The molecule has 0 saturated carbocycles. The second-order valence-electron chi connectivity index (χ2n) is 2.06. The van der Waals surface area contributed by atoms with Crippen LogP contribution in [0.2, 0.25) is 0 Å². The van der Waals surface area contributed by atoms with Crippen molar-refractivity contribution < 1.29 is 9.53 Å². The Kier molecular flexibility index (Phi) is 7.57. The summed E-state index contributed by atoms with van der Waals surface area (Å²) in [6, 6.07) is 0. The van der Waals surface area contributed by atoms with Gasteiger partial charge in [-0.1, -0.05) is 11.7 Å². The van der Waals surface area contributed by atoms with Crippen LogP contribution in [0.15, 0.2) is 17.8 Å². The van der Waals surface area contributed by atoms with E-state index in [1.54, 1.807) is 0 Å². The Morgan fingerprint density at radius 1 is 1.69 bits per heavy atom. The van der Waals surface area contributed by atoms with E-state index >= 15 is 0 Å². The van der Waals surface area contributed by atoms with Gasteiger partial charge in [-0.2, -0.15) is 0 Å². The van der Waals surface area contributed by atoms with Crippen molar-refractivity contribution in [3.05, 3.63) is 23.1 Å². The molecule has 1 amide bonds. The predicted molar refractivity (Wildman–Crippen MR) is 48.0 cm³/mol. The van der Waals surface area contributed by atoms with Crippen LogP contribution in [0.5, 0.6) is 0 Å². The highest BCUT2D eigenvalue weighted by atomic mass is 16.5. The van der Waals surface area contributed by atoms with E-state index in [-0.39, 0.29) is 5.91 Å². The van der Waals surface area contributed by atoms with Crippen LogP contribution < -0.4 is 5.32 Å². The van der Waals surface area contributed by atoms with Crippen LogP contribution in [0, 0.1) is 0 Å². The quantitative estimate of drug-likeness (QED) is 0.206. The fraction of sp³-hybridized carbons (Fsp3) is 0.571. The summed E-state index contributed by atoms with van der Waals surface area (Å²) in [6.45, 7) is 4.81. The van der Waals surface area contributed by atoms with E-state index in [2.05, 4.69) is 21.9 Å². The fourth-order valence-corrected chi connectivity index (χ4v) is 0.571. The zero-order valence-corrected chi connectivity index (χ0v) is 7.27. The van der Waals surface area contributed by atoms with Crippen LogP contribution in [0.25, 0.3) is 10.4 Å². The number of azide groups is 1. The van der Waals surface area contributed by atoms with Gasteiger partial charge in [0.25, 0.3) is 0 Å².